The largest absolute Gasteiger partial charge is 0.444 e. The Balaban J connectivity index is 1.29. The van der Waals surface area contributed by atoms with Crippen molar-refractivity contribution in [3.05, 3.63) is 53.6 Å². The molecule has 2 aromatic carbocycles. The first-order chi connectivity index (χ1) is 19.1. The summed E-state index contributed by atoms with van der Waals surface area (Å²) in [6.07, 6.45) is 3.58. The number of hydrogen-bond acceptors (Lipinski definition) is 4. The second-order valence-corrected chi connectivity index (χ2v) is 12.4. The molecule has 8 nitrogen and oxygen atoms in total. The summed E-state index contributed by atoms with van der Waals surface area (Å²) in [5.41, 5.74) is 5.42. The van der Waals surface area contributed by atoms with E-state index in [4.69, 9.17) is 9.72 Å². The number of carbonyl (C=O) groups is 2. The maximum absolute atomic E-state index is 13.6. The molecule has 1 aliphatic carbocycles. The molecule has 2 amide bonds. The van der Waals surface area contributed by atoms with Crippen LogP contribution in [0.1, 0.15) is 62.9 Å². The molecule has 8 heteroatoms. The highest BCUT2D eigenvalue weighted by Crippen LogP contribution is 2.37. The summed E-state index contributed by atoms with van der Waals surface area (Å²) in [4.78, 5) is 32.9. The molecule has 2 aliphatic rings. The van der Waals surface area contributed by atoms with Crippen molar-refractivity contribution in [3.63, 3.8) is 0 Å². The number of aryl methyl sites for hydroxylation is 1. The van der Waals surface area contributed by atoms with Crippen LogP contribution in [0.2, 0.25) is 0 Å². The minimum atomic E-state index is -0.568. The number of imidazole rings is 1. The summed E-state index contributed by atoms with van der Waals surface area (Å²) >= 11 is 0. The van der Waals surface area contributed by atoms with Crippen LogP contribution in [0.4, 0.5) is 4.79 Å². The third-order valence-electron chi connectivity index (χ3n) is 8.11. The topological polar surface area (TPSA) is 81.4 Å². The molecular weight excluding hydrogens is 502 g/mol. The van der Waals surface area contributed by atoms with Crippen molar-refractivity contribution >= 4 is 33.9 Å². The van der Waals surface area contributed by atoms with E-state index in [2.05, 4.69) is 57.9 Å². The summed E-state index contributed by atoms with van der Waals surface area (Å²) in [6.45, 7) is 9.60. The number of benzene rings is 2. The fourth-order valence-corrected chi connectivity index (χ4v) is 5.79. The Labute approximate surface area is 235 Å². The Hall–Kier alpha value is -3.81. The molecule has 40 heavy (non-hydrogen) atoms. The third kappa shape index (κ3) is 5.07. The normalized spacial score (nSPS) is 16.4. The van der Waals surface area contributed by atoms with Crippen molar-refractivity contribution < 1.29 is 14.3 Å². The third-order valence-corrected chi connectivity index (χ3v) is 8.11. The van der Waals surface area contributed by atoms with Gasteiger partial charge in [-0.25, -0.2) is 9.78 Å². The number of nitrogens with zero attached hydrogens (tertiary/aromatic N) is 4. The van der Waals surface area contributed by atoms with E-state index in [1.807, 2.05) is 38.7 Å². The summed E-state index contributed by atoms with van der Waals surface area (Å²) < 4.78 is 10.0. The number of hydrogen-bond donors (Lipinski definition) is 1. The summed E-state index contributed by atoms with van der Waals surface area (Å²) in [7, 11) is 2.07. The van der Waals surface area contributed by atoms with Crippen LogP contribution in [0.15, 0.2) is 42.5 Å². The van der Waals surface area contributed by atoms with Gasteiger partial charge in [0.1, 0.15) is 5.60 Å². The lowest BCUT2D eigenvalue weighted by Crippen LogP contribution is -2.48. The predicted molar refractivity (Wildman–Crippen MR) is 157 cm³/mol. The molecule has 1 saturated carbocycles. The molecule has 1 fully saturated rings. The lowest BCUT2D eigenvalue weighted by atomic mass is 9.97. The number of carbonyl (C=O) groups excluding carboxylic acids is 2. The van der Waals surface area contributed by atoms with Crippen LogP contribution in [0.3, 0.4) is 0 Å². The van der Waals surface area contributed by atoms with Gasteiger partial charge in [-0.15, -0.1) is 0 Å². The minimum absolute atomic E-state index is 0.0114. The molecule has 1 N–H and O–H groups in total. The van der Waals surface area contributed by atoms with Gasteiger partial charge in [0.05, 0.1) is 16.7 Å². The summed E-state index contributed by atoms with van der Waals surface area (Å²) in [5, 5.41) is 4.16. The number of para-hydroxylation sites is 1. The van der Waals surface area contributed by atoms with Crippen LogP contribution in [-0.4, -0.2) is 55.8 Å². The molecule has 0 spiro atoms. The average Bonchev–Trinajstić information content (AvgIpc) is 3.58. The molecule has 2 aromatic heterocycles. The van der Waals surface area contributed by atoms with Crippen LogP contribution < -0.4 is 5.32 Å². The van der Waals surface area contributed by atoms with Gasteiger partial charge < -0.3 is 24.1 Å². The van der Waals surface area contributed by atoms with Crippen LogP contribution >= 0.6 is 0 Å². The van der Waals surface area contributed by atoms with Crippen LogP contribution in [0.25, 0.3) is 33.5 Å². The Kier molecular flexibility index (Phi) is 6.59. The van der Waals surface area contributed by atoms with Gasteiger partial charge in [0.2, 0.25) is 0 Å². The molecule has 0 saturated heterocycles. The minimum Gasteiger partial charge on any atom is -0.444 e. The Morgan fingerprint density at radius 2 is 1.93 bits per heavy atom. The number of nitrogens with one attached hydrogen (secondary N) is 1. The van der Waals surface area contributed by atoms with E-state index < -0.39 is 11.7 Å². The second-order valence-electron chi connectivity index (χ2n) is 12.4. The molecule has 6 rings (SSSR count). The maximum Gasteiger partial charge on any atom is 0.407 e. The van der Waals surface area contributed by atoms with E-state index in [-0.39, 0.29) is 11.9 Å². The highest BCUT2D eigenvalue weighted by Gasteiger charge is 2.30. The Morgan fingerprint density at radius 1 is 1.15 bits per heavy atom. The molecule has 0 radical (unpaired) electrons. The summed E-state index contributed by atoms with van der Waals surface area (Å²) in [6, 6.07) is 14.7. The fraction of sp³-hybridized carbons (Fsp3) is 0.469. The molecule has 0 bridgehead atoms. The van der Waals surface area contributed by atoms with Crippen molar-refractivity contribution in [1.82, 2.24) is 24.3 Å². The number of rotatable bonds is 7. The fourth-order valence-electron chi connectivity index (χ4n) is 5.79. The lowest BCUT2D eigenvalue weighted by molar-refractivity contribution is 0.0475. The van der Waals surface area contributed by atoms with E-state index >= 15 is 0 Å². The smallest absolute Gasteiger partial charge is 0.407 e. The Bertz CT molecular complexity index is 1600. The van der Waals surface area contributed by atoms with E-state index in [0.29, 0.717) is 25.1 Å². The van der Waals surface area contributed by atoms with Crippen LogP contribution in [0.5, 0.6) is 0 Å². The molecule has 3 heterocycles. The highest BCUT2D eigenvalue weighted by molar-refractivity contribution is 6.00. The van der Waals surface area contributed by atoms with E-state index in [1.165, 1.54) is 23.7 Å². The molecule has 210 valence electrons. The number of amides is 2. The van der Waals surface area contributed by atoms with E-state index in [0.717, 1.165) is 47.0 Å². The highest BCUT2D eigenvalue weighted by atomic mass is 16.6. The van der Waals surface area contributed by atoms with E-state index in [1.54, 1.807) is 0 Å². The van der Waals surface area contributed by atoms with Gasteiger partial charge in [-0.1, -0.05) is 25.1 Å². The van der Waals surface area contributed by atoms with Crippen molar-refractivity contribution in [3.8, 4) is 11.5 Å². The monoisotopic (exact) mass is 541 g/mol. The van der Waals surface area contributed by atoms with Crippen molar-refractivity contribution in [2.24, 2.45) is 13.0 Å². The van der Waals surface area contributed by atoms with Gasteiger partial charge in [-0.3, -0.25) is 4.79 Å². The van der Waals surface area contributed by atoms with Crippen molar-refractivity contribution in [2.75, 3.05) is 13.1 Å². The van der Waals surface area contributed by atoms with Crippen molar-refractivity contribution in [1.29, 1.82) is 0 Å². The van der Waals surface area contributed by atoms with Crippen LogP contribution in [0, 0.1) is 5.92 Å². The predicted octanol–water partition coefficient (Wildman–Crippen LogP) is 5.91. The number of fused-ring (bicyclic) bond motifs is 3. The van der Waals surface area contributed by atoms with Gasteiger partial charge in [-0.2, -0.15) is 0 Å². The molecule has 4 aromatic rings. The number of ether oxygens (including phenoxy) is 1. The zero-order valence-electron chi connectivity index (χ0n) is 24.2. The van der Waals surface area contributed by atoms with Gasteiger partial charge in [0.15, 0.2) is 5.82 Å². The number of alkyl carbamates (subject to hydrolysis) is 1. The van der Waals surface area contributed by atoms with Gasteiger partial charge >= 0.3 is 6.09 Å². The maximum atomic E-state index is 13.6. The quantitative estimate of drug-likeness (QED) is 0.316. The molecule has 1 unspecified atom stereocenters. The first kappa shape index (κ1) is 26.4. The van der Waals surface area contributed by atoms with E-state index in [9.17, 15) is 9.59 Å². The molecule has 1 aliphatic heterocycles. The zero-order valence-corrected chi connectivity index (χ0v) is 24.2. The Morgan fingerprint density at radius 3 is 2.65 bits per heavy atom. The SMILES string of the molecule is CCC(CN1CCc2cc3c(cc2C1=O)nc(-c1cc2ccccc2n1CC1CC1)n3C)NC(=O)OC(C)(C)C. The molecular formula is C32H39N5O3. The standard InChI is InChI=1S/C32H39N5O3/c1-6-23(33-31(39)40-32(2,3)4)19-36-14-13-21-15-27-25(17-24(21)30(36)38)34-29(35(27)5)28-16-22-9-7-8-10-26(22)37(28)18-20-11-12-20/h7-10,15-17,20,23H,6,11-14,18-19H2,1-5H3,(H,33,39). The lowest BCUT2D eigenvalue weighted by Gasteiger charge is -2.32. The van der Waals surface area contributed by atoms with Crippen LogP contribution in [-0.2, 0) is 24.8 Å². The first-order valence-electron chi connectivity index (χ1n) is 14.5. The second kappa shape index (κ2) is 9.98. The first-order valence-corrected chi connectivity index (χ1v) is 14.5. The average molecular weight is 542 g/mol. The van der Waals surface area contributed by atoms with Crippen molar-refractivity contribution in [2.45, 2.75) is 71.6 Å². The van der Waals surface area contributed by atoms with Gasteiger partial charge in [0, 0.05) is 49.2 Å². The zero-order chi connectivity index (χ0) is 28.2. The van der Waals surface area contributed by atoms with Gasteiger partial charge in [0.25, 0.3) is 5.91 Å². The summed E-state index contributed by atoms with van der Waals surface area (Å²) in [5.74, 6) is 1.64. The number of aromatic nitrogens is 3. The molecule has 1 atom stereocenters. The van der Waals surface area contributed by atoms with Gasteiger partial charge in [-0.05, 0) is 82.2 Å².